The van der Waals surface area contributed by atoms with Crippen LogP contribution in [0.3, 0.4) is 0 Å². The van der Waals surface area contributed by atoms with E-state index >= 15 is 0 Å². The molecule has 0 aliphatic heterocycles. The Morgan fingerprint density at radius 3 is 2.71 bits per heavy atom. The predicted molar refractivity (Wildman–Crippen MR) is 73.9 cm³/mol. The van der Waals surface area contributed by atoms with Crippen LogP contribution in [-0.4, -0.2) is 9.55 Å². The van der Waals surface area contributed by atoms with Crippen LogP contribution < -0.4 is 0 Å². The van der Waals surface area contributed by atoms with Crippen LogP contribution >= 0.6 is 15.9 Å². The van der Waals surface area contributed by atoms with Gasteiger partial charge in [-0.15, -0.1) is 0 Å². The van der Waals surface area contributed by atoms with Gasteiger partial charge < -0.3 is 4.57 Å². The van der Waals surface area contributed by atoms with E-state index in [9.17, 15) is 0 Å². The van der Waals surface area contributed by atoms with Crippen molar-refractivity contribution < 1.29 is 0 Å². The molecule has 0 saturated heterocycles. The fourth-order valence-electron chi connectivity index (χ4n) is 2.11. The number of rotatable bonds is 1. The van der Waals surface area contributed by atoms with Crippen LogP contribution in [0.5, 0.6) is 0 Å². The van der Waals surface area contributed by atoms with Gasteiger partial charge in [-0.2, -0.15) is 0 Å². The molecule has 0 unspecified atom stereocenters. The second-order valence-corrected chi connectivity index (χ2v) is 4.85. The second kappa shape index (κ2) is 4.00. The van der Waals surface area contributed by atoms with Gasteiger partial charge in [0, 0.05) is 41.5 Å². The molecule has 2 heterocycles. The minimum absolute atomic E-state index is 0.862. The highest BCUT2D eigenvalue weighted by Gasteiger charge is 2.07. The number of aryl methyl sites for hydroxylation is 1. The molecular formula is C14H11BrN2. The van der Waals surface area contributed by atoms with E-state index in [-0.39, 0.29) is 0 Å². The lowest BCUT2D eigenvalue weighted by atomic mass is 10.1. The van der Waals surface area contributed by atoms with Crippen LogP contribution in [0.25, 0.3) is 22.0 Å². The highest BCUT2D eigenvalue weighted by molar-refractivity contribution is 9.10. The second-order valence-electron chi connectivity index (χ2n) is 4.04. The summed E-state index contributed by atoms with van der Waals surface area (Å²) in [4.78, 5) is 4.28. The van der Waals surface area contributed by atoms with Crippen molar-refractivity contribution in [2.75, 3.05) is 0 Å². The van der Waals surface area contributed by atoms with Crippen LogP contribution in [0.1, 0.15) is 0 Å². The smallest absolute Gasteiger partial charge is 0.106 e. The molecule has 84 valence electrons. The normalized spacial score (nSPS) is 10.9. The minimum atomic E-state index is 0.862. The molecular weight excluding hydrogens is 276 g/mol. The number of nitrogens with zero attached hydrogens (tertiary/aromatic N) is 2. The molecule has 1 aromatic carbocycles. The fourth-order valence-corrected chi connectivity index (χ4v) is 2.34. The zero-order valence-electron chi connectivity index (χ0n) is 9.39. The summed E-state index contributed by atoms with van der Waals surface area (Å²) < 4.78 is 3.01. The number of para-hydroxylation sites is 1. The van der Waals surface area contributed by atoms with Gasteiger partial charge in [0.25, 0.3) is 0 Å². The van der Waals surface area contributed by atoms with Gasteiger partial charge in [-0.25, -0.2) is 4.98 Å². The van der Waals surface area contributed by atoms with Gasteiger partial charge in [0.1, 0.15) is 4.60 Å². The van der Waals surface area contributed by atoms with Crippen molar-refractivity contribution in [1.82, 2.24) is 9.55 Å². The summed E-state index contributed by atoms with van der Waals surface area (Å²) in [6.45, 7) is 0. The monoisotopic (exact) mass is 286 g/mol. The molecule has 0 bridgehead atoms. The zero-order valence-corrected chi connectivity index (χ0v) is 11.0. The Hall–Kier alpha value is -1.61. The van der Waals surface area contributed by atoms with Crippen molar-refractivity contribution in [3.05, 3.63) is 53.4 Å². The van der Waals surface area contributed by atoms with E-state index in [2.05, 4.69) is 69.1 Å². The highest BCUT2D eigenvalue weighted by Crippen LogP contribution is 2.29. The molecule has 3 rings (SSSR count). The number of pyridine rings is 1. The maximum Gasteiger partial charge on any atom is 0.106 e. The Labute approximate surface area is 108 Å². The molecule has 2 nitrogen and oxygen atoms in total. The van der Waals surface area contributed by atoms with E-state index in [1.165, 1.54) is 16.5 Å². The Balaban J connectivity index is 2.27. The Morgan fingerprint density at radius 2 is 1.94 bits per heavy atom. The van der Waals surface area contributed by atoms with Crippen LogP contribution in [0.2, 0.25) is 0 Å². The standard InChI is InChI=1S/C14H11BrN2/c1-17-9-12(10-6-7-14(15)16-8-10)11-4-2-3-5-13(11)17/h2-9H,1H3. The lowest BCUT2D eigenvalue weighted by Gasteiger charge is -1.98. The van der Waals surface area contributed by atoms with E-state index in [0.717, 1.165) is 10.2 Å². The minimum Gasteiger partial charge on any atom is -0.350 e. The van der Waals surface area contributed by atoms with Crippen molar-refractivity contribution >= 4 is 26.8 Å². The zero-order chi connectivity index (χ0) is 11.8. The van der Waals surface area contributed by atoms with Gasteiger partial charge in [0.05, 0.1) is 0 Å². The van der Waals surface area contributed by atoms with E-state index < -0.39 is 0 Å². The van der Waals surface area contributed by atoms with Crippen molar-refractivity contribution in [3.63, 3.8) is 0 Å². The van der Waals surface area contributed by atoms with Gasteiger partial charge in [0.2, 0.25) is 0 Å². The third-order valence-electron chi connectivity index (χ3n) is 2.94. The van der Waals surface area contributed by atoms with Crippen LogP contribution in [0.4, 0.5) is 0 Å². The van der Waals surface area contributed by atoms with Crippen LogP contribution in [0, 0.1) is 0 Å². The van der Waals surface area contributed by atoms with Crippen molar-refractivity contribution in [2.24, 2.45) is 7.05 Å². The maximum atomic E-state index is 4.28. The number of hydrogen-bond donors (Lipinski definition) is 0. The molecule has 17 heavy (non-hydrogen) atoms. The molecule has 3 heteroatoms. The number of fused-ring (bicyclic) bond motifs is 1. The quantitative estimate of drug-likeness (QED) is 0.618. The Bertz CT molecular complexity index is 668. The summed E-state index contributed by atoms with van der Waals surface area (Å²) in [5.41, 5.74) is 3.61. The summed E-state index contributed by atoms with van der Waals surface area (Å²) in [7, 11) is 2.07. The predicted octanol–water partition coefficient (Wildman–Crippen LogP) is 4.00. The van der Waals surface area contributed by atoms with E-state index in [1.54, 1.807) is 0 Å². The fraction of sp³-hybridized carbons (Fsp3) is 0.0714. The summed E-state index contributed by atoms with van der Waals surface area (Å²) in [5, 5.41) is 1.26. The third-order valence-corrected chi connectivity index (χ3v) is 3.40. The molecule has 0 atom stereocenters. The summed E-state index contributed by atoms with van der Waals surface area (Å²) in [6, 6.07) is 12.5. The molecule has 0 N–H and O–H groups in total. The van der Waals surface area contributed by atoms with Gasteiger partial charge in [-0.3, -0.25) is 0 Å². The maximum absolute atomic E-state index is 4.28. The molecule has 0 radical (unpaired) electrons. The average molecular weight is 287 g/mol. The molecule has 3 aromatic rings. The van der Waals surface area contributed by atoms with Crippen LogP contribution in [0.15, 0.2) is 53.4 Å². The van der Waals surface area contributed by atoms with Crippen molar-refractivity contribution in [3.8, 4) is 11.1 Å². The number of benzene rings is 1. The largest absolute Gasteiger partial charge is 0.350 e. The summed E-state index contributed by atoms with van der Waals surface area (Å²) in [6.07, 6.45) is 4.04. The van der Waals surface area contributed by atoms with E-state index in [1.807, 2.05) is 12.3 Å². The topological polar surface area (TPSA) is 17.8 Å². The first kappa shape index (κ1) is 10.5. The number of halogens is 1. The SMILES string of the molecule is Cn1cc(-c2ccc(Br)nc2)c2ccccc21. The van der Waals surface area contributed by atoms with Crippen molar-refractivity contribution in [2.45, 2.75) is 0 Å². The first-order valence-electron chi connectivity index (χ1n) is 5.42. The lowest BCUT2D eigenvalue weighted by molar-refractivity contribution is 0.970. The molecule has 0 saturated carbocycles. The first-order chi connectivity index (χ1) is 8.25. The molecule has 0 aliphatic carbocycles. The van der Waals surface area contributed by atoms with Gasteiger partial charge >= 0.3 is 0 Å². The Kier molecular flexibility index (Phi) is 2.48. The Morgan fingerprint density at radius 1 is 1.12 bits per heavy atom. The third kappa shape index (κ3) is 1.76. The summed E-state index contributed by atoms with van der Waals surface area (Å²) >= 11 is 3.36. The molecule has 0 amide bonds. The summed E-state index contributed by atoms with van der Waals surface area (Å²) in [5.74, 6) is 0. The number of aromatic nitrogens is 2. The molecule has 0 aliphatic rings. The van der Waals surface area contributed by atoms with E-state index in [0.29, 0.717) is 0 Å². The van der Waals surface area contributed by atoms with Gasteiger partial charge in [-0.05, 0) is 28.1 Å². The molecule has 0 fully saturated rings. The van der Waals surface area contributed by atoms with E-state index in [4.69, 9.17) is 0 Å². The number of hydrogen-bond acceptors (Lipinski definition) is 1. The van der Waals surface area contributed by atoms with Gasteiger partial charge in [-0.1, -0.05) is 24.3 Å². The first-order valence-corrected chi connectivity index (χ1v) is 6.21. The molecule has 2 aromatic heterocycles. The molecule has 0 spiro atoms. The lowest BCUT2D eigenvalue weighted by Crippen LogP contribution is -1.82. The van der Waals surface area contributed by atoms with Crippen molar-refractivity contribution in [1.29, 1.82) is 0 Å². The average Bonchev–Trinajstić information content (AvgIpc) is 2.69. The van der Waals surface area contributed by atoms with Gasteiger partial charge in [0.15, 0.2) is 0 Å². The van der Waals surface area contributed by atoms with Crippen LogP contribution in [-0.2, 0) is 7.05 Å². The highest BCUT2D eigenvalue weighted by atomic mass is 79.9.